The highest BCUT2D eigenvalue weighted by atomic mass is 32.2. The second-order valence-corrected chi connectivity index (χ2v) is 14.8. The zero-order valence-corrected chi connectivity index (χ0v) is 25.7. The predicted octanol–water partition coefficient (Wildman–Crippen LogP) is 7.11. The zero-order chi connectivity index (χ0) is 26.9. The van der Waals surface area contributed by atoms with E-state index in [1.165, 1.54) is 6.42 Å². The molecule has 206 valence electrons. The Balaban J connectivity index is 2.21. The van der Waals surface area contributed by atoms with E-state index in [4.69, 9.17) is 14.2 Å². The minimum absolute atomic E-state index is 0.0688. The molecule has 2 atom stereocenters. The lowest BCUT2D eigenvalue weighted by Gasteiger charge is -2.30. The van der Waals surface area contributed by atoms with Crippen molar-refractivity contribution in [3.63, 3.8) is 0 Å². The molecule has 1 aromatic rings. The van der Waals surface area contributed by atoms with Gasteiger partial charge in [-0.3, -0.25) is 0 Å². The van der Waals surface area contributed by atoms with Crippen molar-refractivity contribution in [3.05, 3.63) is 11.9 Å². The molecule has 0 saturated heterocycles. The van der Waals surface area contributed by atoms with Gasteiger partial charge in [0.2, 0.25) is 0 Å². The monoisotopic (exact) mass is 513 g/mol. The van der Waals surface area contributed by atoms with Gasteiger partial charge in [-0.2, -0.15) is 11.8 Å². The topological polar surface area (TPSA) is 58.4 Å². The molecule has 6 nitrogen and oxygen atoms in total. The van der Waals surface area contributed by atoms with E-state index in [0.29, 0.717) is 30.5 Å². The number of thioether (sulfide) groups is 1. The van der Waals surface area contributed by atoms with E-state index < -0.39 is 0 Å². The third-order valence-electron chi connectivity index (χ3n) is 6.67. The van der Waals surface area contributed by atoms with Crippen LogP contribution in [0, 0.1) is 11.3 Å². The van der Waals surface area contributed by atoms with E-state index in [0.717, 1.165) is 36.8 Å². The van der Waals surface area contributed by atoms with Gasteiger partial charge in [0, 0.05) is 17.6 Å². The molecule has 0 aliphatic heterocycles. The van der Waals surface area contributed by atoms with E-state index in [1.807, 2.05) is 22.6 Å². The Hall–Kier alpha value is -0.630. The summed E-state index contributed by atoms with van der Waals surface area (Å²) in [6.45, 7) is 29.1. The van der Waals surface area contributed by atoms with E-state index in [1.54, 1.807) is 0 Å². The predicted molar refractivity (Wildman–Crippen MR) is 149 cm³/mol. The largest absolute Gasteiger partial charge is 0.375 e. The van der Waals surface area contributed by atoms with Crippen molar-refractivity contribution in [2.75, 3.05) is 25.6 Å². The molecule has 7 heteroatoms. The van der Waals surface area contributed by atoms with E-state index in [-0.39, 0.29) is 16.7 Å². The fraction of sp³-hybridized carbons (Fsp3) is 0.929. The summed E-state index contributed by atoms with van der Waals surface area (Å²) in [5, 5.41) is 9.04. The Labute approximate surface area is 220 Å². The fourth-order valence-corrected chi connectivity index (χ4v) is 4.40. The smallest absolute Gasteiger partial charge is 0.108 e. The maximum absolute atomic E-state index is 6.20. The number of hydrogen-bond donors (Lipinski definition) is 0. The Kier molecular flexibility index (Phi) is 12.8. The van der Waals surface area contributed by atoms with E-state index in [9.17, 15) is 0 Å². The van der Waals surface area contributed by atoms with Gasteiger partial charge in [-0.1, -0.05) is 39.8 Å². The summed E-state index contributed by atoms with van der Waals surface area (Å²) in [5.74, 6) is 1.76. The second-order valence-electron chi connectivity index (χ2n) is 13.3. The van der Waals surface area contributed by atoms with Gasteiger partial charge in [0.25, 0.3) is 0 Å². The first-order valence-corrected chi connectivity index (χ1v) is 14.4. The molecule has 0 saturated carbocycles. The Morgan fingerprint density at radius 1 is 0.857 bits per heavy atom. The van der Waals surface area contributed by atoms with Gasteiger partial charge in [-0.15, -0.1) is 5.10 Å². The summed E-state index contributed by atoms with van der Waals surface area (Å²) in [6, 6.07) is 0. The van der Waals surface area contributed by atoms with Crippen molar-refractivity contribution in [1.29, 1.82) is 0 Å². The van der Waals surface area contributed by atoms with Crippen molar-refractivity contribution < 1.29 is 14.2 Å². The van der Waals surface area contributed by atoms with Crippen LogP contribution in [0.4, 0.5) is 0 Å². The third kappa shape index (κ3) is 14.0. The first-order valence-electron chi connectivity index (χ1n) is 13.3. The van der Waals surface area contributed by atoms with Crippen molar-refractivity contribution >= 4 is 11.8 Å². The van der Waals surface area contributed by atoms with E-state index in [2.05, 4.69) is 93.4 Å². The number of rotatable bonds is 16. The molecule has 0 N–H and O–H groups in total. The van der Waals surface area contributed by atoms with E-state index >= 15 is 0 Å². The summed E-state index contributed by atoms with van der Waals surface area (Å²) in [5.41, 5.74) is 0.734. The maximum Gasteiger partial charge on any atom is 0.108 e. The molecule has 2 unspecified atom stereocenters. The average molecular weight is 514 g/mol. The Bertz CT molecular complexity index is 720. The highest BCUT2D eigenvalue weighted by molar-refractivity contribution is 7.99. The molecule has 0 aliphatic rings. The fourth-order valence-electron chi connectivity index (χ4n) is 3.39. The van der Waals surface area contributed by atoms with Gasteiger partial charge in [0.1, 0.15) is 5.69 Å². The zero-order valence-electron chi connectivity index (χ0n) is 24.9. The van der Waals surface area contributed by atoms with Crippen LogP contribution < -0.4 is 0 Å². The van der Waals surface area contributed by atoms with Crippen molar-refractivity contribution in [2.24, 2.45) is 11.3 Å². The van der Waals surface area contributed by atoms with Gasteiger partial charge in [0.05, 0.1) is 42.8 Å². The van der Waals surface area contributed by atoms with Crippen molar-refractivity contribution in [3.8, 4) is 0 Å². The molecule has 35 heavy (non-hydrogen) atoms. The summed E-state index contributed by atoms with van der Waals surface area (Å²) < 4.78 is 20.1. The summed E-state index contributed by atoms with van der Waals surface area (Å²) in [6.07, 6.45) is 4.90. The van der Waals surface area contributed by atoms with Crippen molar-refractivity contribution in [2.45, 2.75) is 131 Å². The molecule has 0 bridgehead atoms. The van der Waals surface area contributed by atoms with Crippen LogP contribution in [0.15, 0.2) is 6.20 Å². The van der Waals surface area contributed by atoms with Crippen LogP contribution >= 0.6 is 11.8 Å². The number of nitrogens with zero attached hydrogens (tertiary/aromatic N) is 3. The SMILES string of the molecule is CC(CC(C)C(C)(C)C)SCCOC(C)(C)CCOC(C)(C)CCOCc1cn(C(C)(C)C)nn1. The number of ether oxygens (including phenoxy) is 3. The van der Waals surface area contributed by atoms with Gasteiger partial charge in [-0.05, 0) is 79.1 Å². The molecule has 0 spiro atoms. The quantitative estimate of drug-likeness (QED) is 0.219. The molecule has 1 heterocycles. The highest BCUT2D eigenvalue weighted by Crippen LogP contribution is 2.32. The van der Waals surface area contributed by atoms with Crippen molar-refractivity contribution in [1.82, 2.24) is 15.0 Å². The Morgan fingerprint density at radius 3 is 1.97 bits per heavy atom. The first-order chi connectivity index (χ1) is 15.9. The molecule has 1 rings (SSSR count). The average Bonchev–Trinajstić information content (AvgIpc) is 3.17. The lowest BCUT2D eigenvalue weighted by molar-refractivity contribution is -0.0783. The minimum Gasteiger partial charge on any atom is -0.375 e. The maximum atomic E-state index is 6.20. The lowest BCUT2D eigenvalue weighted by Crippen LogP contribution is -2.32. The van der Waals surface area contributed by atoms with Crippen LogP contribution in [0.5, 0.6) is 0 Å². The molecule has 0 fully saturated rings. The Morgan fingerprint density at radius 2 is 1.43 bits per heavy atom. The van der Waals surface area contributed by atoms with Gasteiger partial charge >= 0.3 is 0 Å². The van der Waals surface area contributed by atoms with Crippen LogP contribution in [0.25, 0.3) is 0 Å². The van der Waals surface area contributed by atoms with Gasteiger partial charge in [-0.25, -0.2) is 4.68 Å². The highest BCUT2D eigenvalue weighted by Gasteiger charge is 2.24. The minimum atomic E-state index is -0.242. The summed E-state index contributed by atoms with van der Waals surface area (Å²) in [4.78, 5) is 0. The van der Waals surface area contributed by atoms with Crippen LogP contribution in [0.2, 0.25) is 0 Å². The third-order valence-corrected chi connectivity index (χ3v) is 7.83. The van der Waals surface area contributed by atoms with Gasteiger partial charge in [0.15, 0.2) is 0 Å². The van der Waals surface area contributed by atoms with Crippen LogP contribution in [-0.2, 0) is 26.4 Å². The second kappa shape index (κ2) is 13.8. The first kappa shape index (κ1) is 32.4. The molecular formula is C28H55N3O3S. The summed E-state index contributed by atoms with van der Waals surface area (Å²) >= 11 is 2.02. The number of hydrogen-bond acceptors (Lipinski definition) is 6. The summed E-state index contributed by atoms with van der Waals surface area (Å²) in [7, 11) is 0. The normalized spacial score (nSPS) is 15.4. The molecule has 0 aromatic carbocycles. The molecular weight excluding hydrogens is 458 g/mol. The van der Waals surface area contributed by atoms with Gasteiger partial charge < -0.3 is 14.2 Å². The molecule has 0 radical (unpaired) electrons. The van der Waals surface area contributed by atoms with Crippen LogP contribution in [-0.4, -0.2) is 57.0 Å². The molecule has 1 aromatic heterocycles. The van der Waals surface area contributed by atoms with Crippen LogP contribution in [0.3, 0.4) is 0 Å². The number of aromatic nitrogens is 3. The lowest BCUT2D eigenvalue weighted by atomic mass is 9.79. The standard InChI is InChI=1S/C28H55N3O3S/c1-22(25(3,4)5)19-23(2)35-18-17-34-28(11,12)14-16-33-27(9,10)13-15-32-21-24-20-31(30-29-24)26(6,7)8/h20,22-23H,13-19,21H2,1-12H3. The van der Waals surface area contributed by atoms with Crippen LogP contribution in [0.1, 0.15) is 108 Å². The molecule has 0 amide bonds. The molecule has 0 aliphatic carbocycles.